The van der Waals surface area contributed by atoms with E-state index >= 15 is 0 Å². The minimum Gasteiger partial charge on any atom is -0.495 e. The fourth-order valence-electron chi connectivity index (χ4n) is 2.37. The van der Waals surface area contributed by atoms with Gasteiger partial charge in [-0.3, -0.25) is 4.79 Å². The summed E-state index contributed by atoms with van der Waals surface area (Å²) in [6, 6.07) is 10.1. The van der Waals surface area contributed by atoms with E-state index in [2.05, 4.69) is 5.32 Å². The van der Waals surface area contributed by atoms with Crippen molar-refractivity contribution in [1.29, 1.82) is 0 Å². The zero-order valence-corrected chi connectivity index (χ0v) is 16.9. The molecule has 0 aliphatic carbocycles. The normalized spacial score (nSPS) is 10.7. The number of rotatable bonds is 5. The number of para-hydroxylation sites is 2. The third kappa shape index (κ3) is 4.30. The highest BCUT2D eigenvalue weighted by atomic mass is 35.5. The summed E-state index contributed by atoms with van der Waals surface area (Å²) in [4.78, 5) is 24.5. The van der Waals surface area contributed by atoms with E-state index in [1.165, 1.54) is 7.11 Å². The van der Waals surface area contributed by atoms with Crippen molar-refractivity contribution < 1.29 is 19.1 Å². The third-order valence-electron chi connectivity index (χ3n) is 3.55. The first kappa shape index (κ1) is 19.8. The topological polar surface area (TPSA) is 64.6 Å². The molecule has 0 spiro atoms. The standard InChI is InChI=1S/C18H12Cl3NO4S/c1-25-12-5-3-2-4-11(12)22-14(23)8-26-18(24)17-16(21)15-10(20)6-9(19)7-13(15)27-17/h2-7H,8H2,1H3,(H,22,23). The second-order valence-corrected chi connectivity index (χ2v) is 7.60. The summed E-state index contributed by atoms with van der Waals surface area (Å²) in [7, 11) is 1.49. The number of benzene rings is 2. The van der Waals surface area contributed by atoms with Gasteiger partial charge in [-0.2, -0.15) is 0 Å². The molecule has 2 aromatic carbocycles. The number of carbonyl (C=O) groups is 2. The van der Waals surface area contributed by atoms with Gasteiger partial charge < -0.3 is 14.8 Å². The van der Waals surface area contributed by atoms with Crippen molar-refractivity contribution in [2.45, 2.75) is 0 Å². The van der Waals surface area contributed by atoms with Crippen LogP contribution in [0.4, 0.5) is 5.69 Å². The summed E-state index contributed by atoms with van der Waals surface area (Å²) in [5.41, 5.74) is 0.474. The van der Waals surface area contributed by atoms with Crippen molar-refractivity contribution >= 4 is 73.8 Å². The van der Waals surface area contributed by atoms with E-state index in [1.54, 1.807) is 36.4 Å². The summed E-state index contributed by atoms with van der Waals surface area (Å²) in [6.45, 7) is -0.476. The second-order valence-electron chi connectivity index (χ2n) is 5.33. The van der Waals surface area contributed by atoms with Crippen molar-refractivity contribution in [3.63, 3.8) is 0 Å². The lowest BCUT2D eigenvalue weighted by molar-refractivity contribution is -0.119. The SMILES string of the molecule is COc1ccccc1NC(=O)COC(=O)c1sc2cc(Cl)cc(Cl)c2c1Cl. The number of fused-ring (bicyclic) bond motifs is 1. The number of anilines is 1. The van der Waals surface area contributed by atoms with Crippen LogP contribution in [0.15, 0.2) is 36.4 Å². The van der Waals surface area contributed by atoms with Gasteiger partial charge in [-0.1, -0.05) is 46.9 Å². The Balaban J connectivity index is 1.71. The number of methoxy groups -OCH3 is 1. The molecule has 1 heterocycles. The molecule has 0 radical (unpaired) electrons. The van der Waals surface area contributed by atoms with Gasteiger partial charge in [-0.15, -0.1) is 11.3 Å². The largest absolute Gasteiger partial charge is 0.495 e. The molecule has 9 heteroatoms. The van der Waals surface area contributed by atoms with Gasteiger partial charge in [0.2, 0.25) is 0 Å². The molecule has 0 aliphatic heterocycles. The Labute approximate surface area is 173 Å². The lowest BCUT2D eigenvalue weighted by Crippen LogP contribution is -2.21. The van der Waals surface area contributed by atoms with Crippen LogP contribution in [0, 0.1) is 0 Å². The van der Waals surface area contributed by atoms with Crippen LogP contribution >= 0.6 is 46.1 Å². The molecule has 0 atom stereocenters. The first-order valence-corrected chi connectivity index (χ1v) is 9.52. The van der Waals surface area contributed by atoms with E-state index in [0.717, 1.165) is 11.3 Å². The average molecular weight is 445 g/mol. The number of hydrogen-bond donors (Lipinski definition) is 1. The first-order chi connectivity index (χ1) is 12.9. The maximum absolute atomic E-state index is 12.3. The van der Waals surface area contributed by atoms with Gasteiger partial charge in [0.1, 0.15) is 10.6 Å². The van der Waals surface area contributed by atoms with Crippen molar-refractivity contribution in [2.24, 2.45) is 0 Å². The van der Waals surface area contributed by atoms with Crippen LogP contribution in [0.25, 0.3) is 10.1 Å². The van der Waals surface area contributed by atoms with Gasteiger partial charge in [-0.05, 0) is 24.3 Å². The minimum atomic E-state index is -0.719. The van der Waals surface area contributed by atoms with Crippen LogP contribution < -0.4 is 10.1 Å². The van der Waals surface area contributed by atoms with Crippen LogP contribution in [0.1, 0.15) is 9.67 Å². The number of hydrogen-bond acceptors (Lipinski definition) is 5. The highest BCUT2D eigenvalue weighted by Crippen LogP contribution is 2.41. The van der Waals surface area contributed by atoms with E-state index in [-0.39, 0.29) is 9.90 Å². The second kappa shape index (κ2) is 8.35. The van der Waals surface area contributed by atoms with Gasteiger partial charge in [0.05, 0.1) is 22.8 Å². The van der Waals surface area contributed by atoms with Crippen molar-refractivity contribution in [1.82, 2.24) is 0 Å². The Bertz CT molecular complexity index is 1030. The average Bonchev–Trinajstić information content (AvgIpc) is 2.96. The van der Waals surface area contributed by atoms with Crippen LogP contribution in [0.3, 0.4) is 0 Å². The van der Waals surface area contributed by atoms with Gasteiger partial charge >= 0.3 is 5.97 Å². The number of carbonyl (C=O) groups excluding carboxylic acids is 2. The Morgan fingerprint density at radius 2 is 1.89 bits per heavy atom. The summed E-state index contributed by atoms with van der Waals surface area (Å²) >= 11 is 19.5. The highest BCUT2D eigenvalue weighted by molar-refractivity contribution is 7.21. The number of amides is 1. The lowest BCUT2D eigenvalue weighted by Gasteiger charge is -2.09. The molecule has 140 valence electrons. The van der Waals surface area contributed by atoms with E-state index < -0.39 is 18.5 Å². The molecule has 0 unspecified atom stereocenters. The van der Waals surface area contributed by atoms with Crippen molar-refractivity contribution in [3.8, 4) is 5.75 Å². The summed E-state index contributed by atoms with van der Waals surface area (Å²) in [5.74, 6) is -0.731. The van der Waals surface area contributed by atoms with E-state index in [1.807, 2.05) is 0 Å². The number of ether oxygens (including phenoxy) is 2. The van der Waals surface area contributed by atoms with Gasteiger partial charge in [0, 0.05) is 15.1 Å². The molecule has 1 aromatic heterocycles. The van der Waals surface area contributed by atoms with Crippen LogP contribution in [0.2, 0.25) is 15.1 Å². The maximum atomic E-state index is 12.3. The maximum Gasteiger partial charge on any atom is 0.350 e. The monoisotopic (exact) mass is 443 g/mol. The lowest BCUT2D eigenvalue weighted by atomic mass is 10.2. The highest BCUT2D eigenvalue weighted by Gasteiger charge is 2.21. The minimum absolute atomic E-state index is 0.154. The molecular weight excluding hydrogens is 433 g/mol. The molecule has 5 nitrogen and oxygen atoms in total. The molecule has 0 bridgehead atoms. The molecule has 3 aromatic rings. The molecule has 0 fully saturated rings. The third-order valence-corrected chi connectivity index (χ3v) is 5.67. The Morgan fingerprint density at radius 3 is 2.63 bits per heavy atom. The molecule has 1 amide bonds. The Kier molecular flexibility index (Phi) is 6.11. The number of thiophene rings is 1. The predicted octanol–water partition coefficient (Wildman–Crippen LogP) is 5.67. The van der Waals surface area contributed by atoms with Gasteiger partial charge in [0.15, 0.2) is 6.61 Å². The molecule has 0 saturated heterocycles. The van der Waals surface area contributed by atoms with Gasteiger partial charge in [-0.25, -0.2) is 4.79 Å². The number of halogens is 3. The van der Waals surface area contributed by atoms with Crippen molar-refractivity contribution in [3.05, 3.63) is 56.3 Å². The quantitative estimate of drug-likeness (QED) is 0.515. The van der Waals surface area contributed by atoms with E-state index in [9.17, 15) is 9.59 Å². The van der Waals surface area contributed by atoms with Crippen LogP contribution in [-0.2, 0) is 9.53 Å². The molecule has 1 N–H and O–H groups in total. The predicted molar refractivity (Wildman–Crippen MR) is 109 cm³/mol. The van der Waals surface area contributed by atoms with E-state index in [0.29, 0.717) is 31.6 Å². The number of nitrogens with one attached hydrogen (secondary N) is 1. The van der Waals surface area contributed by atoms with Gasteiger partial charge in [0.25, 0.3) is 5.91 Å². The van der Waals surface area contributed by atoms with Crippen molar-refractivity contribution in [2.75, 3.05) is 19.0 Å². The Hall–Kier alpha value is -1.99. The summed E-state index contributed by atoms with van der Waals surface area (Å²) < 4.78 is 10.9. The zero-order chi connectivity index (χ0) is 19.6. The summed E-state index contributed by atoms with van der Waals surface area (Å²) in [5, 5.41) is 4.09. The first-order valence-electron chi connectivity index (χ1n) is 7.57. The molecule has 3 rings (SSSR count). The fraction of sp³-hybridized carbons (Fsp3) is 0.111. The molecule has 27 heavy (non-hydrogen) atoms. The zero-order valence-electron chi connectivity index (χ0n) is 13.8. The van der Waals surface area contributed by atoms with E-state index in [4.69, 9.17) is 44.3 Å². The van der Waals surface area contributed by atoms with Crippen LogP contribution in [-0.4, -0.2) is 25.6 Å². The fourth-order valence-corrected chi connectivity index (χ4v) is 4.64. The van der Waals surface area contributed by atoms with Crippen LogP contribution in [0.5, 0.6) is 5.75 Å². The Morgan fingerprint density at radius 1 is 1.15 bits per heavy atom. The molecule has 0 saturated carbocycles. The smallest absolute Gasteiger partial charge is 0.350 e. The molecular formula is C18H12Cl3NO4S. The summed E-state index contributed by atoms with van der Waals surface area (Å²) in [6.07, 6.45) is 0. The molecule has 0 aliphatic rings. The number of esters is 1.